The van der Waals surface area contributed by atoms with Gasteiger partial charge in [0.05, 0.1) is 13.7 Å². The van der Waals surface area contributed by atoms with E-state index in [9.17, 15) is 4.79 Å². The van der Waals surface area contributed by atoms with Crippen LogP contribution in [0.2, 0.25) is 5.02 Å². The van der Waals surface area contributed by atoms with Crippen molar-refractivity contribution in [2.75, 3.05) is 27.4 Å². The Morgan fingerprint density at radius 1 is 1.12 bits per heavy atom. The minimum atomic E-state index is -0.680. The predicted molar refractivity (Wildman–Crippen MR) is 97.3 cm³/mol. The molecule has 0 bridgehead atoms. The van der Waals surface area contributed by atoms with E-state index >= 15 is 0 Å². The lowest BCUT2D eigenvalue weighted by molar-refractivity contribution is -0.124. The molecule has 1 amide bonds. The minimum Gasteiger partial charge on any atom is -0.497 e. The van der Waals surface area contributed by atoms with Crippen LogP contribution in [-0.4, -0.2) is 33.3 Å². The summed E-state index contributed by atoms with van der Waals surface area (Å²) < 4.78 is 16.1. The van der Waals surface area contributed by atoms with E-state index in [4.69, 9.17) is 25.8 Å². The molecule has 2 rings (SSSR count). The monoisotopic (exact) mass is 363 g/mol. The van der Waals surface area contributed by atoms with Crippen molar-refractivity contribution in [3.8, 4) is 11.5 Å². The summed E-state index contributed by atoms with van der Waals surface area (Å²) in [6.07, 6.45) is 0. The molecule has 2 aromatic rings. The van der Waals surface area contributed by atoms with Gasteiger partial charge in [-0.25, -0.2) is 0 Å². The summed E-state index contributed by atoms with van der Waals surface area (Å²) in [6, 6.07) is 14.4. The Morgan fingerprint density at radius 3 is 2.40 bits per heavy atom. The van der Waals surface area contributed by atoms with Crippen LogP contribution in [-0.2, 0) is 15.1 Å². The average Bonchev–Trinajstić information content (AvgIpc) is 2.64. The number of halogens is 1. The van der Waals surface area contributed by atoms with E-state index in [1.54, 1.807) is 44.6 Å². The molecule has 1 atom stereocenters. The number of carbonyl (C=O) groups is 1. The second-order valence-corrected chi connectivity index (χ2v) is 6.12. The van der Waals surface area contributed by atoms with E-state index in [2.05, 4.69) is 5.32 Å². The van der Waals surface area contributed by atoms with E-state index < -0.39 is 5.60 Å². The normalized spacial score (nSPS) is 13.0. The lowest BCUT2D eigenvalue weighted by atomic mass is 9.95. The number of benzene rings is 2. The van der Waals surface area contributed by atoms with Gasteiger partial charge in [0.15, 0.2) is 6.61 Å². The van der Waals surface area contributed by atoms with Crippen molar-refractivity contribution in [2.45, 2.75) is 12.5 Å². The Labute approximate surface area is 152 Å². The molecule has 0 aliphatic heterocycles. The molecule has 6 heteroatoms. The van der Waals surface area contributed by atoms with Crippen LogP contribution in [0.5, 0.6) is 11.5 Å². The standard InChI is InChI=1S/C19H22ClNO4/c1-19(24-3,14-5-4-6-15(20)11-14)13-21-18(22)12-25-17-9-7-16(23-2)8-10-17/h4-11H,12-13H2,1-3H3,(H,21,22). The van der Waals surface area contributed by atoms with Crippen LogP contribution < -0.4 is 14.8 Å². The molecule has 1 unspecified atom stereocenters. The third-order valence-electron chi connectivity index (χ3n) is 3.94. The van der Waals surface area contributed by atoms with Gasteiger partial charge in [-0.15, -0.1) is 0 Å². The fourth-order valence-electron chi connectivity index (χ4n) is 2.25. The molecule has 134 valence electrons. The van der Waals surface area contributed by atoms with Gasteiger partial charge >= 0.3 is 0 Å². The van der Waals surface area contributed by atoms with Crippen molar-refractivity contribution >= 4 is 17.5 Å². The average molecular weight is 364 g/mol. The van der Waals surface area contributed by atoms with Crippen molar-refractivity contribution in [3.63, 3.8) is 0 Å². The van der Waals surface area contributed by atoms with Gasteiger partial charge in [0.1, 0.15) is 17.1 Å². The summed E-state index contributed by atoms with van der Waals surface area (Å²) in [5, 5.41) is 3.45. The second-order valence-electron chi connectivity index (χ2n) is 5.69. The maximum Gasteiger partial charge on any atom is 0.258 e. The van der Waals surface area contributed by atoms with Gasteiger partial charge in [-0.2, -0.15) is 0 Å². The molecule has 0 aliphatic carbocycles. The topological polar surface area (TPSA) is 56.8 Å². The van der Waals surface area contributed by atoms with E-state index in [1.165, 1.54) is 0 Å². The maximum atomic E-state index is 12.1. The SMILES string of the molecule is COc1ccc(OCC(=O)NCC(C)(OC)c2cccc(Cl)c2)cc1. The highest BCUT2D eigenvalue weighted by molar-refractivity contribution is 6.30. The number of nitrogens with one attached hydrogen (secondary N) is 1. The van der Waals surface area contributed by atoms with Crippen molar-refractivity contribution in [1.29, 1.82) is 0 Å². The first-order chi connectivity index (χ1) is 12.0. The van der Waals surface area contributed by atoms with E-state index in [0.717, 1.165) is 11.3 Å². The maximum absolute atomic E-state index is 12.1. The minimum absolute atomic E-state index is 0.0817. The van der Waals surface area contributed by atoms with Gasteiger partial charge in [-0.1, -0.05) is 23.7 Å². The smallest absolute Gasteiger partial charge is 0.258 e. The zero-order valence-corrected chi connectivity index (χ0v) is 15.3. The van der Waals surface area contributed by atoms with E-state index in [0.29, 0.717) is 17.3 Å². The van der Waals surface area contributed by atoms with Crippen LogP contribution in [0.1, 0.15) is 12.5 Å². The van der Waals surface area contributed by atoms with Crippen LogP contribution in [0.4, 0.5) is 0 Å². The second kappa shape index (κ2) is 8.74. The molecule has 5 nitrogen and oxygen atoms in total. The lowest BCUT2D eigenvalue weighted by Crippen LogP contribution is -2.41. The Bertz CT molecular complexity index is 705. The van der Waals surface area contributed by atoms with Gasteiger partial charge in [-0.05, 0) is 48.9 Å². The van der Waals surface area contributed by atoms with Gasteiger partial charge in [0.25, 0.3) is 5.91 Å². The molecule has 1 N–H and O–H groups in total. The number of methoxy groups -OCH3 is 2. The van der Waals surface area contributed by atoms with Gasteiger partial charge in [0, 0.05) is 12.1 Å². The molecular weight excluding hydrogens is 342 g/mol. The number of amides is 1. The first kappa shape index (κ1) is 19.1. The van der Waals surface area contributed by atoms with Crippen molar-refractivity contribution in [3.05, 3.63) is 59.1 Å². The Morgan fingerprint density at radius 2 is 1.80 bits per heavy atom. The van der Waals surface area contributed by atoms with Crippen LogP contribution in [0.3, 0.4) is 0 Å². The van der Waals surface area contributed by atoms with Gasteiger partial charge < -0.3 is 19.5 Å². The number of hydrogen-bond donors (Lipinski definition) is 1. The summed E-state index contributed by atoms with van der Waals surface area (Å²) in [5.74, 6) is 1.09. The zero-order valence-electron chi connectivity index (χ0n) is 14.5. The van der Waals surface area contributed by atoms with Crippen molar-refractivity contribution < 1.29 is 19.0 Å². The van der Waals surface area contributed by atoms with E-state index in [1.807, 2.05) is 25.1 Å². The van der Waals surface area contributed by atoms with Crippen molar-refractivity contribution in [1.82, 2.24) is 5.32 Å². The molecule has 0 aliphatic rings. The highest BCUT2D eigenvalue weighted by atomic mass is 35.5. The molecule has 0 radical (unpaired) electrons. The molecule has 0 heterocycles. The Hall–Kier alpha value is -2.24. The summed E-state index contributed by atoms with van der Waals surface area (Å²) in [7, 11) is 3.19. The van der Waals surface area contributed by atoms with Crippen LogP contribution in [0.15, 0.2) is 48.5 Å². The fraction of sp³-hybridized carbons (Fsp3) is 0.316. The van der Waals surface area contributed by atoms with Crippen LogP contribution >= 0.6 is 11.6 Å². The Balaban J connectivity index is 1.88. The highest BCUT2D eigenvalue weighted by Gasteiger charge is 2.27. The molecule has 0 fully saturated rings. The number of carbonyl (C=O) groups excluding carboxylic acids is 1. The Kier molecular flexibility index (Phi) is 6.67. The molecule has 0 aromatic heterocycles. The van der Waals surface area contributed by atoms with Gasteiger partial charge in [-0.3, -0.25) is 4.79 Å². The van der Waals surface area contributed by atoms with Crippen LogP contribution in [0.25, 0.3) is 0 Å². The first-order valence-corrected chi connectivity index (χ1v) is 8.19. The number of hydrogen-bond acceptors (Lipinski definition) is 4. The van der Waals surface area contributed by atoms with E-state index in [-0.39, 0.29) is 12.5 Å². The highest BCUT2D eigenvalue weighted by Crippen LogP contribution is 2.26. The summed E-state index contributed by atoms with van der Waals surface area (Å²) in [5.41, 5.74) is 0.208. The summed E-state index contributed by atoms with van der Waals surface area (Å²) in [6.45, 7) is 2.11. The summed E-state index contributed by atoms with van der Waals surface area (Å²) in [4.78, 5) is 12.1. The largest absolute Gasteiger partial charge is 0.497 e. The predicted octanol–water partition coefficient (Wildman–Crippen LogP) is 3.41. The fourth-order valence-corrected chi connectivity index (χ4v) is 2.44. The zero-order chi connectivity index (χ0) is 18.3. The van der Waals surface area contributed by atoms with Crippen LogP contribution in [0, 0.1) is 0 Å². The molecule has 0 spiro atoms. The summed E-state index contributed by atoms with van der Waals surface area (Å²) >= 11 is 6.04. The molecular formula is C19H22ClNO4. The molecule has 25 heavy (non-hydrogen) atoms. The van der Waals surface area contributed by atoms with Gasteiger partial charge in [0.2, 0.25) is 0 Å². The number of ether oxygens (including phenoxy) is 3. The lowest BCUT2D eigenvalue weighted by Gasteiger charge is -2.29. The third kappa shape index (κ3) is 5.37. The molecule has 0 saturated heterocycles. The first-order valence-electron chi connectivity index (χ1n) is 7.81. The quantitative estimate of drug-likeness (QED) is 0.781. The molecule has 0 saturated carbocycles. The number of rotatable bonds is 8. The molecule has 2 aromatic carbocycles. The van der Waals surface area contributed by atoms with Crippen molar-refractivity contribution in [2.24, 2.45) is 0 Å². The third-order valence-corrected chi connectivity index (χ3v) is 4.17.